The van der Waals surface area contributed by atoms with Crippen LogP contribution in [0, 0.1) is 5.92 Å². The van der Waals surface area contributed by atoms with Crippen LogP contribution < -0.4 is 14.4 Å². The molecule has 0 bridgehead atoms. The van der Waals surface area contributed by atoms with Crippen LogP contribution >= 0.6 is 0 Å². The van der Waals surface area contributed by atoms with Crippen molar-refractivity contribution in [2.45, 2.75) is 19.5 Å². The highest BCUT2D eigenvalue weighted by atomic mass is 19.4. The summed E-state index contributed by atoms with van der Waals surface area (Å²) >= 11 is 0. The van der Waals surface area contributed by atoms with Gasteiger partial charge in [0.05, 0.1) is 5.92 Å². The van der Waals surface area contributed by atoms with E-state index in [0.717, 1.165) is 4.90 Å². The van der Waals surface area contributed by atoms with Crippen molar-refractivity contribution in [3.8, 4) is 11.5 Å². The summed E-state index contributed by atoms with van der Waals surface area (Å²) in [6.07, 6.45) is -4.58. The van der Waals surface area contributed by atoms with Gasteiger partial charge >= 0.3 is 6.18 Å². The van der Waals surface area contributed by atoms with Crippen molar-refractivity contribution >= 4 is 17.5 Å². The molecule has 1 saturated heterocycles. The van der Waals surface area contributed by atoms with Crippen LogP contribution in [0.4, 0.5) is 18.9 Å². The van der Waals surface area contributed by atoms with E-state index in [-0.39, 0.29) is 25.4 Å². The quantitative estimate of drug-likeness (QED) is 0.813. The molecule has 0 radical (unpaired) electrons. The topological polar surface area (TPSA) is 59.1 Å². The van der Waals surface area contributed by atoms with E-state index in [1.54, 1.807) is 18.2 Å². The van der Waals surface area contributed by atoms with Gasteiger partial charge in [0.1, 0.15) is 19.8 Å². The minimum Gasteiger partial charge on any atom is -0.486 e. The van der Waals surface area contributed by atoms with E-state index in [1.807, 2.05) is 0 Å². The Morgan fingerprint density at radius 1 is 1.27 bits per heavy atom. The Hall–Kier alpha value is -2.45. The number of anilines is 1. The Morgan fingerprint density at radius 3 is 2.62 bits per heavy atom. The minimum absolute atomic E-state index is 0.0473. The predicted molar refractivity (Wildman–Crippen MR) is 86.2 cm³/mol. The number of carbonyl (C=O) groups excluding carboxylic acids is 2. The number of ether oxygens (including phenoxy) is 2. The fraction of sp³-hybridized carbons (Fsp3) is 0.529. The van der Waals surface area contributed by atoms with Crippen LogP contribution in [0.15, 0.2) is 18.2 Å². The smallest absolute Gasteiger partial charge is 0.406 e. The summed E-state index contributed by atoms with van der Waals surface area (Å²) in [6, 6.07) is 4.99. The van der Waals surface area contributed by atoms with E-state index in [9.17, 15) is 22.8 Å². The molecule has 2 aliphatic rings. The van der Waals surface area contributed by atoms with Gasteiger partial charge in [0.25, 0.3) is 0 Å². The van der Waals surface area contributed by atoms with Crippen LogP contribution in [-0.4, -0.2) is 55.7 Å². The second kappa shape index (κ2) is 7.05. The van der Waals surface area contributed by atoms with E-state index in [1.165, 1.54) is 11.8 Å². The van der Waals surface area contributed by atoms with Crippen molar-refractivity contribution in [3.05, 3.63) is 18.2 Å². The third-order valence-corrected chi connectivity index (χ3v) is 4.38. The maximum Gasteiger partial charge on any atom is 0.406 e. The summed E-state index contributed by atoms with van der Waals surface area (Å²) in [5.41, 5.74) is 0.536. The number of hydrogen-bond donors (Lipinski definition) is 0. The Morgan fingerprint density at radius 2 is 1.96 bits per heavy atom. The van der Waals surface area contributed by atoms with Gasteiger partial charge in [-0.3, -0.25) is 9.59 Å². The standard InChI is InChI=1S/C17H19F3N2O4/c1-2-21(10-17(18,19)20)16(24)11-7-15(23)22(9-11)12-3-4-13-14(8-12)26-6-5-25-13/h3-4,8,11H,2,5-7,9-10H2,1H3. The monoisotopic (exact) mass is 372 g/mol. The normalized spacial score (nSPS) is 19.6. The molecule has 6 nitrogen and oxygen atoms in total. The summed E-state index contributed by atoms with van der Waals surface area (Å²) in [4.78, 5) is 26.9. The Labute approximate surface area is 148 Å². The molecular formula is C17H19F3N2O4. The molecule has 142 valence electrons. The Bertz CT molecular complexity index is 708. The molecule has 0 aliphatic carbocycles. The molecule has 1 aromatic rings. The highest BCUT2D eigenvalue weighted by molar-refractivity contribution is 6.00. The minimum atomic E-state index is -4.47. The summed E-state index contributed by atoms with van der Waals surface area (Å²) in [7, 11) is 0. The van der Waals surface area contributed by atoms with Gasteiger partial charge < -0.3 is 19.3 Å². The summed E-state index contributed by atoms with van der Waals surface area (Å²) in [5.74, 6) is -0.676. The first-order valence-electron chi connectivity index (χ1n) is 8.34. The molecule has 0 spiro atoms. The average molecular weight is 372 g/mol. The van der Waals surface area contributed by atoms with E-state index in [0.29, 0.717) is 30.4 Å². The predicted octanol–water partition coefficient (Wildman–Crippen LogP) is 2.22. The molecule has 1 aromatic carbocycles. The third-order valence-electron chi connectivity index (χ3n) is 4.38. The summed E-state index contributed by atoms with van der Waals surface area (Å²) < 4.78 is 48.8. The maximum atomic E-state index is 12.6. The molecule has 2 aliphatic heterocycles. The van der Waals surface area contributed by atoms with Crippen LogP contribution in [0.25, 0.3) is 0 Å². The van der Waals surface area contributed by atoms with E-state index >= 15 is 0 Å². The number of rotatable bonds is 4. The molecule has 0 saturated carbocycles. The number of nitrogens with zero attached hydrogens (tertiary/aromatic N) is 2. The van der Waals surface area contributed by atoms with Crippen molar-refractivity contribution in [1.82, 2.24) is 4.90 Å². The van der Waals surface area contributed by atoms with Crippen LogP contribution in [0.3, 0.4) is 0 Å². The summed E-state index contributed by atoms with van der Waals surface area (Å²) in [5, 5.41) is 0. The van der Waals surface area contributed by atoms with Crippen LogP contribution in [0.2, 0.25) is 0 Å². The molecule has 1 unspecified atom stereocenters. The van der Waals surface area contributed by atoms with Crippen molar-refractivity contribution < 1.29 is 32.2 Å². The van der Waals surface area contributed by atoms with E-state index < -0.39 is 24.5 Å². The number of fused-ring (bicyclic) bond motifs is 1. The van der Waals surface area contributed by atoms with E-state index in [2.05, 4.69) is 0 Å². The van der Waals surface area contributed by atoms with Gasteiger partial charge in [0.15, 0.2) is 11.5 Å². The van der Waals surface area contributed by atoms with Gasteiger partial charge in [-0.05, 0) is 19.1 Å². The van der Waals surface area contributed by atoms with Crippen molar-refractivity contribution in [2.24, 2.45) is 5.92 Å². The second-order valence-corrected chi connectivity index (χ2v) is 6.20. The molecule has 2 heterocycles. The lowest BCUT2D eigenvalue weighted by Gasteiger charge is -2.25. The maximum absolute atomic E-state index is 12.6. The molecule has 3 rings (SSSR count). The number of hydrogen-bond acceptors (Lipinski definition) is 4. The van der Waals surface area contributed by atoms with Crippen molar-refractivity contribution in [2.75, 3.05) is 37.7 Å². The number of amides is 2. The molecule has 1 fully saturated rings. The molecule has 1 atom stereocenters. The highest BCUT2D eigenvalue weighted by Crippen LogP contribution is 2.36. The second-order valence-electron chi connectivity index (χ2n) is 6.20. The molecule has 0 N–H and O–H groups in total. The van der Waals surface area contributed by atoms with E-state index in [4.69, 9.17) is 9.47 Å². The first kappa shape index (κ1) is 18.3. The molecule has 9 heteroatoms. The van der Waals surface area contributed by atoms with Gasteiger partial charge in [-0.25, -0.2) is 0 Å². The van der Waals surface area contributed by atoms with Gasteiger partial charge in [-0.1, -0.05) is 0 Å². The third kappa shape index (κ3) is 3.86. The lowest BCUT2D eigenvalue weighted by Crippen LogP contribution is -2.42. The molecule has 0 aromatic heterocycles. The zero-order valence-electron chi connectivity index (χ0n) is 14.2. The SMILES string of the molecule is CCN(CC(F)(F)F)C(=O)C1CC(=O)N(c2ccc3c(c2)OCCO3)C1. The highest BCUT2D eigenvalue weighted by Gasteiger charge is 2.40. The van der Waals surface area contributed by atoms with Crippen molar-refractivity contribution in [1.29, 1.82) is 0 Å². The first-order chi connectivity index (χ1) is 12.3. The molecular weight excluding hydrogens is 353 g/mol. The number of alkyl halides is 3. The van der Waals surface area contributed by atoms with Crippen LogP contribution in [-0.2, 0) is 9.59 Å². The Kier molecular flexibility index (Phi) is 4.97. The zero-order valence-corrected chi connectivity index (χ0v) is 14.2. The van der Waals surface area contributed by atoms with Gasteiger partial charge in [0, 0.05) is 31.3 Å². The van der Waals surface area contributed by atoms with Gasteiger partial charge in [-0.2, -0.15) is 13.2 Å². The molecule has 2 amide bonds. The summed E-state index contributed by atoms with van der Waals surface area (Å²) in [6.45, 7) is 1.00. The van der Waals surface area contributed by atoms with Crippen molar-refractivity contribution in [3.63, 3.8) is 0 Å². The van der Waals surface area contributed by atoms with Gasteiger partial charge in [0.2, 0.25) is 11.8 Å². The van der Waals surface area contributed by atoms with Crippen LogP contribution in [0.1, 0.15) is 13.3 Å². The lowest BCUT2D eigenvalue weighted by molar-refractivity contribution is -0.163. The number of halogens is 3. The van der Waals surface area contributed by atoms with Gasteiger partial charge in [-0.15, -0.1) is 0 Å². The number of carbonyl (C=O) groups is 2. The fourth-order valence-corrected chi connectivity index (χ4v) is 3.14. The zero-order chi connectivity index (χ0) is 18.9. The lowest BCUT2D eigenvalue weighted by atomic mass is 10.1. The Balaban J connectivity index is 1.73. The molecule has 26 heavy (non-hydrogen) atoms. The number of benzene rings is 1. The first-order valence-corrected chi connectivity index (χ1v) is 8.34. The van der Waals surface area contributed by atoms with Crippen LogP contribution in [0.5, 0.6) is 11.5 Å². The largest absolute Gasteiger partial charge is 0.486 e. The fourth-order valence-electron chi connectivity index (χ4n) is 3.14. The average Bonchev–Trinajstić information content (AvgIpc) is 2.99.